The number of anilines is 1. The molecule has 8 heteroatoms. The molecule has 1 aromatic heterocycles. The fraction of sp³-hybridized carbons (Fsp3) is 0.286. The molecule has 1 aromatic rings. The molecule has 0 bridgehead atoms. The Labute approximate surface area is 83.0 Å². The lowest BCUT2D eigenvalue weighted by Gasteiger charge is -2.08. The molecule has 0 spiro atoms. The van der Waals surface area contributed by atoms with E-state index in [1.54, 1.807) is 0 Å². The van der Waals surface area contributed by atoms with E-state index in [9.17, 15) is 18.9 Å². The van der Waals surface area contributed by atoms with Gasteiger partial charge in [-0.3, -0.25) is 10.1 Å². The van der Waals surface area contributed by atoms with Crippen LogP contribution in [0, 0.1) is 10.1 Å². The van der Waals surface area contributed by atoms with Crippen LogP contribution in [0.5, 0.6) is 0 Å². The molecule has 6 nitrogen and oxygen atoms in total. The van der Waals surface area contributed by atoms with Gasteiger partial charge >= 0.3 is 0 Å². The first kappa shape index (κ1) is 11.2. The van der Waals surface area contributed by atoms with Gasteiger partial charge in [0.1, 0.15) is 17.6 Å². The molecule has 1 rings (SSSR count). The van der Waals surface area contributed by atoms with E-state index < -0.39 is 22.6 Å². The van der Waals surface area contributed by atoms with E-state index in [1.807, 2.05) is 0 Å². The first-order chi connectivity index (χ1) is 6.99. The third kappa shape index (κ3) is 1.99. The Kier molecular flexibility index (Phi) is 3.10. The number of pyridine rings is 1. The van der Waals surface area contributed by atoms with Crippen LogP contribution in [-0.2, 0) is 6.54 Å². The van der Waals surface area contributed by atoms with Crippen molar-refractivity contribution in [3.05, 3.63) is 27.4 Å². The third-order valence-electron chi connectivity index (χ3n) is 1.86. The Hall–Kier alpha value is -1.83. The van der Waals surface area contributed by atoms with Crippen molar-refractivity contribution in [3.63, 3.8) is 0 Å². The van der Waals surface area contributed by atoms with Crippen LogP contribution in [0.25, 0.3) is 0 Å². The molecule has 0 unspecified atom stereocenters. The molecule has 0 radical (unpaired) electrons. The lowest BCUT2D eigenvalue weighted by molar-refractivity contribution is -0.386. The van der Waals surface area contributed by atoms with Crippen LogP contribution in [-0.4, -0.2) is 9.91 Å². The molecule has 0 aromatic carbocycles. The van der Waals surface area contributed by atoms with E-state index in [4.69, 9.17) is 11.5 Å². The molecule has 0 amide bonds. The summed E-state index contributed by atoms with van der Waals surface area (Å²) in [6.45, 7) is -0.319. The Morgan fingerprint density at radius 2 is 2.20 bits per heavy atom. The Balaban J connectivity index is 3.49. The van der Waals surface area contributed by atoms with Crippen LogP contribution in [0.15, 0.2) is 6.20 Å². The van der Waals surface area contributed by atoms with Crippen LogP contribution in [0.2, 0.25) is 0 Å². The number of hydrogen-bond donors (Lipinski definition) is 2. The SMILES string of the molecule is NCc1c(N)ncc([N+](=O)[O-])c1C(F)F. The average molecular weight is 218 g/mol. The summed E-state index contributed by atoms with van der Waals surface area (Å²) < 4.78 is 25.1. The molecule has 4 N–H and O–H groups in total. The predicted octanol–water partition coefficient (Wildman–Crippen LogP) is 0.968. The van der Waals surface area contributed by atoms with Crippen molar-refractivity contribution in [2.45, 2.75) is 13.0 Å². The minimum atomic E-state index is -3.01. The summed E-state index contributed by atoms with van der Waals surface area (Å²) in [5.41, 5.74) is 8.77. The number of hydrogen-bond acceptors (Lipinski definition) is 5. The quantitative estimate of drug-likeness (QED) is 0.580. The van der Waals surface area contributed by atoms with Gasteiger partial charge in [0.2, 0.25) is 0 Å². The minimum absolute atomic E-state index is 0.181. The van der Waals surface area contributed by atoms with Crippen molar-refractivity contribution in [2.24, 2.45) is 5.73 Å². The zero-order valence-corrected chi connectivity index (χ0v) is 7.48. The van der Waals surface area contributed by atoms with Gasteiger partial charge in [-0.2, -0.15) is 0 Å². The maximum absolute atomic E-state index is 12.6. The Morgan fingerprint density at radius 3 is 2.60 bits per heavy atom. The van der Waals surface area contributed by atoms with Gasteiger partial charge in [-0.25, -0.2) is 13.8 Å². The van der Waals surface area contributed by atoms with Gasteiger partial charge in [-0.15, -0.1) is 0 Å². The van der Waals surface area contributed by atoms with Gasteiger partial charge in [-0.05, 0) is 0 Å². The van der Waals surface area contributed by atoms with E-state index in [0.29, 0.717) is 6.20 Å². The molecule has 0 saturated carbocycles. The summed E-state index contributed by atoms with van der Waals surface area (Å²) in [6.07, 6.45) is -2.30. The van der Waals surface area contributed by atoms with Crippen LogP contribution in [0.4, 0.5) is 20.3 Å². The van der Waals surface area contributed by atoms with Crippen LogP contribution in [0.3, 0.4) is 0 Å². The van der Waals surface area contributed by atoms with E-state index in [1.165, 1.54) is 0 Å². The maximum atomic E-state index is 12.6. The Morgan fingerprint density at radius 1 is 1.60 bits per heavy atom. The van der Waals surface area contributed by atoms with Crippen molar-refractivity contribution >= 4 is 11.5 Å². The number of halogens is 2. The summed E-state index contributed by atoms with van der Waals surface area (Å²) in [4.78, 5) is 13.0. The molecule has 82 valence electrons. The second kappa shape index (κ2) is 4.13. The van der Waals surface area contributed by atoms with Gasteiger partial charge in [0.15, 0.2) is 0 Å². The molecule has 0 atom stereocenters. The molecule has 0 aliphatic carbocycles. The fourth-order valence-electron chi connectivity index (χ4n) is 1.17. The number of nitrogen functional groups attached to an aromatic ring is 1. The van der Waals surface area contributed by atoms with Crippen molar-refractivity contribution in [1.29, 1.82) is 0 Å². The monoisotopic (exact) mass is 218 g/mol. The van der Waals surface area contributed by atoms with Crippen LogP contribution >= 0.6 is 0 Å². The summed E-state index contributed by atoms with van der Waals surface area (Å²) in [5.74, 6) is -0.210. The lowest BCUT2D eigenvalue weighted by Crippen LogP contribution is -2.10. The highest BCUT2D eigenvalue weighted by Gasteiger charge is 2.27. The smallest absolute Gasteiger partial charge is 0.296 e. The molecule has 0 fully saturated rings. The summed E-state index contributed by atoms with van der Waals surface area (Å²) >= 11 is 0. The normalized spacial score (nSPS) is 10.7. The number of alkyl halides is 2. The van der Waals surface area contributed by atoms with E-state index in [0.717, 1.165) is 0 Å². The van der Waals surface area contributed by atoms with Crippen molar-refractivity contribution in [3.8, 4) is 0 Å². The zero-order chi connectivity index (χ0) is 11.6. The van der Waals surface area contributed by atoms with Crippen molar-refractivity contribution < 1.29 is 13.7 Å². The fourth-order valence-corrected chi connectivity index (χ4v) is 1.17. The van der Waals surface area contributed by atoms with Gasteiger partial charge in [-0.1, -0.05) is 0 Å². The molecule has 15 heavy (non-hydrogen) atoms. The topological polar surface area (TPSA) is 108 Å². The van der Waals surface area contributed by atoms with E-state index >= 15 is 0 Å². The number of nitro groups is 1. The number of nitrogens with zero attached hydrogens (tertiary/aromatic N) is 2. The molecule has 0 saturated heterocycles. The summed E-state index contributed by atoms with van der Waals surface area (Å²) in [6, 6.07) is 0. The molecular formula is C7H8F2N4O2. The predicted molar refractivity (Wildman–Crippen MR) is 48.2 cm³/mol. The average Bonchev–Trinajstić information content (AvgIpc) is 2.16. The van der Waals surface area contributed by atoms with Crippen molar-refractivity contribution in [1.82, 2.24) is 4.98 Å². The van der Waals surface area contributed by atoms with Crippen molar-refractivity contribution in [2.75, 3.05) is 5.73 Å². The molecular weight excluding hydrogens is 210 g/mol. The zero-order valence-electron chi connectivity index (χ0n) is 7.48. The van der Waals surface area contributed by atoms with Gasteiger partial charge in [0.25, 0.3) is 12.1 Å². The standard InChI is InChI=1S/C7H8F2N4O2/c8-6(9)5-3(1-10)7(11)12-2-4(5)13(14)15/h2,6H,1,10H2,(H2,11,12). The largest absolute Gasteiger partial charge is 0.383 e. The third-order valence-corrected chi connectivity index (χ3v) is 1.86. The first-order valence-corrected chi connectivity index (χ1v) is 3.88. The second-order valence-electron chi connectivity index (χ2n) is 2.68. The molecule has 1 heterocycles. The van der Waals surface area contributed by atoms with E-state index in [2.05, 4.69) is 4.98 Å². The van der Waals surface area contributed by atoms with Gasteiger partial charge < -0.3 is 11.5 Å². The van der Waals surface area contributed by atoms with Crippen LogP contribution in [0.1, 0.15) is 17.6 Å². The summed E-state index contributed by atoms with van der Waals surface area (Å²) in [5, 5.41) is 10.5. The number of aromatic nitrogens is 1. The number of rotatable bonds is 3. The van der Waals surface area contributed by atoms with Gasteiger partial charge in [0, 0.05) is 12.1 Å². The second-order valence-corrected chi connectivity index (χ2v) is 2.68. The molecule has 0 aliphatic rings. The first-order valence-electron chi connectivity index (χ1n) is 3.88. The van der Waals surface area contributed by atoms with Crippen LogP contribution < -0.4 is 11.5 Å². The lowest BCUT2D eigenvalue weighted by atomic mass is 10.1. The number of nitrogens with two attached hydrogens (primary N) is 2. The van der Waals surface area contributed by atoms with Gasteiger partial charge in [0.05, 0.1) is 4.92 Å². The highest BCUT2D eigenvalue weighted by atomic mass is 19.3. The highest BCUT2D eigenvalue weighted by molar-refractivity contribution is 5.54. The minimum Gasteiger partial charge on any atom is -0.383 e. The summed E-state index contributed by atoms with van der Waals surface area (Å²) in [7, 11) is 0. The Bertz CT molecular complexity index is 397. The maximum Gasteiger partial charge on any atom is 0.296 e. The molecule has 0 aliphatic heterocycles. The van der Waals surface area contributed by atoms with E-state index in [-0.39, 0.29) is 17.9 Å². The highest BCUT2D eigenvalue weighted by Crippen LogP contribution is 2.33.